The summed E-state index contributed by atoms with van der Waals surface area (Å²) in [6, 6.07) is 5.81. The maximum Gasteiger partial charge on any atom is 0.129 e. The van der Waals surface area contributed by atoms with Crippen LogP contribution in [0.4, 0.5) is 0 Å². The Morgan fingerprint density at radius 3 is 2.69 bits per heavy atom. The van der Waals surface area contributed by atoms with Gasteiger partial charge in [0.25, 0.3) is 0 Å². The van der Waals surface area contributed by atoms with Gasteiger partial charge >= 0.3 is 0 Å². The summed E-state index contributed by atoms with van der Waals surface area (Å²) in [6.45, 7) is 3.84. The number of aryl methyl sites for hydroxylation is 2. The van der Waals surface area contributed by atoms with Gasteiger partial charge in [0.05, 0.1) is 5.52 Å². The molecule has 1 N–H and O–H groups in total. The van der Waals surface area contributed by atoms with Crippen molar-refractivity contribution in [1.82, 2.24) is 4.98 Å². The molecule has 0 spiro atoms. The van der Waals surface area contributed by atoms with Crippen molar-refractivity contribution in [2.75, 3.05) is 0 Å². The highest BCUT2D eigenvalue weighted by Gasteiger charge is 2.04. The Labute approximate surface area is 76.9 Å². The number of nitrogens with zero attached hydrogens (tertiary/aromatic N) is 1. The lowest BCUT2D eigenvalue weighted by atomic mass is 10.1. The molecule has 1 heterocycles. The van der Waals surface area contributed by atoms with E-state index in [1.807, 2.05) is 32.0 Å². The minimum atomic E-state index is 0.341. The number of fused-ring (bicyclic) bond motifs is 1. The number of hydrogen-bond acceptors (Lipinski definition) is 2. The Morgan fingerprint density at radius 2 is 1.92 bits per heavy atom. The van der Waals surface area contributed by atoms with E-state index in [9.17, 15) is 5.11 Å². The summed E-state index contributed by atoms with van der Waals surface area (Å²) in [4.78, 5) is 4.28. The van der Waals surface area contributed by atoms with Crippen LogP contribution in [0.5, 0.6) is 5.75 Å². The quantitative estimate of drug-likeness (QED) is 0.664. The summed E-state index contributed by atoms with van der Waals surface area (Å²) in [5.41, 5.74) is 2.79. The van der Waals surface area contributed by atoms with Crippen molar-refractivity contribution in [2.45, 2.75) is 13.8 Å². The number of aromatic nitrogens is 1. The summed E-state index contributed by atoms with van der Waals surface area (Å²) in [5.74, 6) is 0.341. The topological polar surface area (TPSA) is 33.1 Å². The van der Waals surface area contributed by atoms with Gasteiger partial charge in [-0.05, 0) is 25.5 Å². The molecule has 1 aromatic carbocycles. The average molecular weight is 173 g/mol. The van der Waals surface area contributed by atoms with Crippen LogP contribution in [0.25, 0.3) is 10.9 Å². The zero-order chi connectivity index (χ0) is 9.42. The molecular weight excluding hydrogens is 162 g/mol. The van der Waals surface area contributed by atoms with E-state index in [0.717, 1.165) is 22.0 Å². The lowest BCUT2D eigenvalue weighted by Gasteiger charge is -2.04. The maximum atomic E-state index is 9.74. The van der Waals surface area contributed by atoms with E-state index < -0.39 is 0 Å². The smallest absolute Gasteiger partial charge is 0.129 e. The van der Waals surface area contributed by atoms with Gasteiger partial charge in [-0.1, -0.05) is 12.1 Å². The number of pyridine rings is 1. The first-order valence-electron chi connectivity index (χ1n) is 4.24. The number of aromatic hydroxyl groups is 1. The normalized spacial score (nSPS) is 10.6. The predicted molar refractivity (Wildman–Crippen MR) is 52.9 cm³/mol. The van der Waals surface area contributed by atoms with Crippen LogP contribution in [0, 0.1) is 13.8 Å². The summed E-state index contributed by atoms with van der Waals surface area (Å²) >= 11 is 0. The van der Waals surface area contributed by atoms with Crippen molar-refractivity contribution in [1.29, 1.82) is 0 Å². The first-order chi connectivity index (χ1) is 6.20. The molecule has 0 saturated carbocycles. The standard InChI is InChI=1S/C11H11NO/c1-7-4-3-5-9-10(7)12-6-8(2)11(9)13/h3-6H,1-2H3,(H,12,13). The molecule has 66 valence electrons. The average Bonchev–Trinajstić information content (AvgIpc) is 2.12. The van der Waals surface area contributed by atoms with E-state index in [2.05, 4.69) is 4.98 Å². The van der Waals surface area contributed by atoms with Gasteiger partial charge < -0.3 is 5.11 Å². The third-order valence-corrected chi connectivity index (χ3v) is 2.25. The van der Waals surface area contributed by atoms with E-state index in [1.165, 1.54) is 0 Å². The zero-order valence-corrected chi connectivity index (χ0v) is 7.70. The highest BCUT2D eigenvalue weighted by molar-refractivity contribution is 5.87. The van der Waals surface area contributed by atoms with Crippen LogP contribution >= 0.6 is 0 Å². The Kier molecular flexibility index (Phi) is 1.69. The second-order valence-electron chi connectivity index (χ2n) is 3.26. The zero-order valence-electron chi connectivity index (χ0n) is 7.70. The van der Waals surface area contributed by atoms with Gasteiger partial charge in [-0.25, -0.2) is 0 Å². The van der Waals surface area contributed by atoms with Crippen LogP contribution in [-0.2, 0) is 0 Å². The maximum absolute atomic E-state index is 9.74. The Hall–Kier alpha value is -1.57. The van der Waals surface area contributed by atoms with Crippen LogP contribution < -0.4 is 0 Å². The molecule has 0 amide bonds. The van der Waals surface area contributed by atoms with Crippen molar-refractivity contribution in [3.63, 3.8) is 0 Å². The number of para-hydroxylation sites is 1. The fourth-order valence-electron chi connectivity index (χ4n) is 1.46. The van der Waals surface area contributed by atoms with Gasteiger partial charge in [0, 0.05) is 17.1 Å². The van der Waals surface area contributed by atoms with Crippen molar-refractivity contribution < 1.29 is 5.11 Å². The van der Waals surface area contributed by atoms with Crippen LogP contribution in [0.2, 0.25) is 0 Å². The SMILES string of the molecule is Cc1cnc2c(C)cccc2c1O. The van der Waals surface area contributed by atoms with Crippen LogP contribution in [0.15, 0.2) is 24.4 Å². The summed E-state index contributed by atoms with van der Waals surface area (Å²) < 4.78 is 0. The molecule has 0 aliphatic heterocycles. The van der Waals surface area contributed by atoms with Gasteiger partial charge in [-0.15, -0.1) is 0 Å². The summed E-state index contributed by atoms with van der Waals surface area (Å²) in [6.07, 6.45) is 1.70. The first-order valence-corrected chi connectivity index (χ1v) is 4.24. The van der Waals surface area contributed by atoms with E-state index in [4.69, 9.17) is 0 Å². The second kappa shape index (κ2) is 2.73. The van der Waals surface area contributed by atoms with Crippen LogP contribution in [0.1, 0.15) is 11.1 Å². The van der Waals surface area contributed by atoms with Gasteiger partial charge in [0.2, 0.25) is 0 Å². The highest BCUT2D eigenvalue weighted by Crippen LogP contribution is 2.27. The van der Waals surface area contributed by atoms with E-state index in [-0.39, 0.29) is 0 Å². The van der Waals surface area contributed by atoms with Crippen molar-refractivity contribution >= 4 is 10.9 Å². The van der Waals surface area contributed by atoms with Gasteiger partial charge in [0.15, 0.2) is 0 Å². The minimum Gasteiger partial charge on any atom is -0.507 e. The molecule has 0 radical (unpaired) electrons. The number of benzene rings is 1. The van der Waals surface area contributed by atoms with Crippen LogP contribution in [0.3, 0.4) is 0 Å². The summed E-state index contributed by atoms with van der Waals surface area (Å²) in [5, 5.41) is 10.6. The van der Waals surface area contributed by atoms with Gasteiger partial charge in [-0.3, -0.25) is 4.98 Å². The number of rotatable bonds is 0. The molecule has 1 aromatic heterocycles. The molecule has 0 unspecified atom stereocenters. The molecule has 2 rings (SSSR count). The Balaban J connectivity index is 2.94. The monoisotopic (exact) mass is 173 g/mol. The number of hydrogen-bond donors (Lipinski definition) is 1. The molecule has 0 atom stereocenters. The lowest BCUT2D eigenvalue weighted by molar-refractivity contribution is 0.477. The molecule has 0 aliphatic carbocycles. The molecule has 0 fully saturated rings. The minimum absolute atomic E-state index is 0.341. The largest absolute Gasteiger partial charge is 0.507 e. The van der Waals surface area contributed by atoms with Crippen LogP contribution in [-0.4, -0.2) is 10.1 Å². The highest BCUT2D eigenvalue weighted by atomic mass is 16.3. The Morgan fingerprint density at radius 1 is 1.15 bits per heavy atom. The fraction of sp³-hybridized carbons (Fsp3) is 0.182. The van der Waals surface area contributed by atoms with Crippen molar-refractivity contribution in [3.05, 3.63) is 35.5 Å². The molecule has 2 aromatic rings. The molecule has 0 aliphatic rings. The Bertz CT molecular complexity index is 463. The van der Waals surface area contributed by atoms with E-state index >= 15 is 0 Å². The third kappa shape index (κ3) is 1.15. The molecule has 13 heavy (non-hydrogen) atoms. The second-order valence-corrected chi connectivity index (χ2v) is 3.26. The van der Waals surface area contributed by atoms with Crippen molar-refractivity contribution in [3.8, 4) is 5.75 Å². The van der Waals surface area contributed by atoms with Gasteiger partial charge in [0.1, 0.15) is 5.75 Å². The molecule has 0 saturated heterocycles. The lowest BCUT2D eigenvalue weighted by Crippen LogP contribution is -1.85. The molecular formula is C11H11NO. The van der Waals surface area contributed by atoms with E-state index in [0.29, 0.717) is 5.75 Å². The van der Waals surface area contributed by atoms with Crippen molar-refractivity contribution in [2.24, 2.45) is 0 Å². The molecule has 2 nitrogen and oxygen atoms in total. The molecule has 0 bridgehead atoms. The molecule has 2 heteroatoms. The first kappa shape index (κ1) is 8.05. The third-order valence-electron chi connectivity index (χ3n) is 2.25. The fourth-order valence-corrected chi connectivity index (χ4v) is 1.46. The van der Waals surface area contributed by atoms with E-state index in [1.54, 1.807) is 6.20 Å². The summed E-state index contributed by atoms with van der Waals surface area (Å²) in [7, 11) is 0. The van der Waals surface area contributed by atoms with Gasteiger partial charge in [-0.2, -0.15) is 0 Å². The predicted octanol–water partition coefficient (Wildman–Crippen LogP) is 2.56.